The number of hydrogen-bond donors (Lipinski definition) is 1. The molecule has 2 amide bonds. The fourth-order valence-corrected chi connectivity index (χ4v) is 6.70. The zero-order valence-electron chi connectivity index (χ0n) is 23.6. The zero-order chi connectivity index (χ0) is 31.2. The highest BCUT2D eigenvalue weighted by Crippen LogP contribution is 2.34. The summed E-state index contributed by atoms with van der Waals surface area (Å²) in [5.41, 5.74) is 2.13. The average Bonchev–Trinajstić information content (AvgIpc) is 3.27. The molecule has 0 atom stereocenters. The summed E-state index contributed by atoms with van der Waals surface area (Å²) in [4.78, 5) is 31.3. The molecule has 0 saturated carbocycles. The second-order valence-electron chi connectivity index (χ2n) is 10.7. The number of nitrogens with zero attached hydrogens (tertiary/aromatic N) is 3. The number of sulfonamides is 1. The molecule has 9 nitrogen and oxygen atoms in total. The van der Waals surface area contributed by atoms with Crippen molar-refractivity contribution < 1.29 is 35.9 Å². The van der Waals surface area contributed by atoms with Gasteiger partial charge in [-0.1, -0.05) is 30.3 Å². The normalized spacial score (nSPS) is 17.0. The molecule has 0 aromatic heterocycles. The lowest BCUT2D eigenvalue weighted by Crippen LogP contribution is -2.50. The number of aliphatic imine (C=N–C) groups is 1. The Kier molecular flexibility index (Phi) is 7.82. The molecule has 1 saturated heterocycles. The van der Waals surface area contributed by atoms with Gasteiger partial charge in [0, 0.05) is 38.3 Å². The van der Waals surface area contributed by atoms with Crippen LogP contribution in [0.1, 0.15) is 34.3 Å². The summed E-state index contributed by atoms with van der Waals surface area (Å²) in [6, 6.07) is 17.0. The summed E-state index contributed by atoms with van der Waals surface area (Å²) in [7, 11) is -0.510. The monoisotopic (exact) mass is 614 g/mol. The Labute approximate surface area is 247 Å². The molecule has 3 aromatic rings. The summed E-state index contributed by atoms with van der Waals surface area (Å²) in [6.45, 7) is 1.95. The molecule has 3 aromatic carbocycles. The van der Waals surface area contributed by atoms with Gasteiger partial charge in [-0.15, -0.1) is 13.2 Å². The summed E-state index contributed by atoms with van der Waals surface area (Å²) in [6.07, 6.45) is -4.65. The van der Waals surface area contributed by atoms with Crippen molar-refractivity contribution in [3.05, 3.63) is 83.4 Å². The van der Waals surface area contributed by atoms with Gasteiger partial charge in [-0.05, 0) is 72.9 Å². The van der Waals surface area contributed by atoms with E-state index in [1.165, 1.54) is 33.5 Å². The number of amidine groups is 1. The van der Waals surface area contributed by atoms with E-state index in [9.17, 15) is 31.2 Å². The maximum Gasteiger partial charge on any atom is 0.573 e. The van der Waals surface area contributed by atoms with E-state index in [2.05, 4.69) is 15.0 Å². The number of nitrogens with one attached hydrogen (secondary N) is 1. The molecule has 0 aliphatic carbocycles. The zero-order valence-corrected chi connectivity index (χ0v) is 24.4. The molecule has 0 unspecified atom stereocenters. The molecule has 1 N–H and O–H groups in total. The number of carbonyl (C=O) groups is 2. The van der Waals surface area contributed by atoms with E-state index in [0.29, 0.717) is 5.56 Å². The lowest BCUT2D eigenvalue weighted by Gasteiger charge is -2.34. The number of amides is 2. The first kappa shape index (κ1) is 30.2. The Bertz CT molecular complexity index is 1710. The van der Waals surface area contributed by atoms with E-state index >= 15 is 0 Å². The van der Waals surface area contributed by atoms with Crippen LogP contribution in [-0.2, 0) is 14.8 Å². The van der Waals surface area contributed by atoms with Crippen molar-refractivity contribution in [2.24, 2.45) is 4.99 Å². The Hall–Kier alpha value is -4.23. The topological polar surface area (TPSA) is 108 Å². The SMILES string of the molecule is Cc1cc(C(=O)N(C)C)ccc1-c1ccc(S(=O)(=O)N2CCC3(CC2)N=C(c2cccc(OC(F)(F)F)c2)NC3=O)cc1. The lowest BCUT2D eigenvalue weighted by molar-refractivity contribution is -0.274. The standard InChI is InChI=1S/C30H29F3N4O5S/c1-19-17-22(27(38)36(2)3)9-12-25(19)20-7-10-24(11-8-20)43(40,41)37-15-13-29(14-16-37)28(39)34-26(35-29)21-5-4-6-23(18-21)42-30(31,32)33/h4-12,17-18H,13-16H2,1-3H3,(H,34,35,39). The minimum Gasteiger partial charge on any atom is -0.406 e. The number of ether oxygens (including phenoxy) is 1. The summed E-state index contributed by atoms with van der Waals surface area (Å²) >= 11 is 0. The predicted molar refractivity (Wildman–Crippen MR) is 153 cm³/mol. The van der Waals surface area contributed by atoms with Crippen molar-refractivity contribution in [3.63, 3.8) is 0 Å². The Morgan fingerprint density at radius 3 is 2.28 bits per heavy atom. The number of hydrogen-bond acceptors (Lipinski definition) is 6. The van der Waals surface area contributed by atoms with Crippen LogP contribution in [0.25, 0.3) is 11.1 Å². The minimum absolute atomic E-state index is 0.0337. The van der Waals surface area contributed by atoms with Crippen molar-refractivity contribution in [1.29, 1.82) is 0 Å². The first-order chi connectivity index (χ1) is 20.2. The fourth-order valence-electron chi connectivity index (χ4n) is 5.26. The first-order valence-corrected chi connectivity index (χ1v) is 14.8. The Morgan fingerprint density at radius 2 is 1.67 bits per heavy atom. The highest BCUT2D eigenvalue weighted by molar-refractivity contribution is 7.89. The smallest absolute Gasteiger partial charge is 0.406 e. The van der Waals surface area contributed by atoms with E-state index in [0.717, 1.165) is 28.8 Å². The molecule has 1 fully saturated rings. The number of halogens is 3. The van der Waals surface area contributed by atoms with Crippen molar-refractivity contribution in [2.75, 3.05) is 27.2 Å². The van der Waals surface area contributed by atoms with Crippen molar-refractivity contribution in [3.8, 4) is 16.9 Å². The van der Waals surface area contributed by atoms with Gasteiger partial charge in [0.05, 0.1) is 4.90 Å². The first-order valence-electron chi connectivity index (χ1n) is 13.4. The van der Waals surface area contributed by atoms with Gasteiger partial charge < -0.3 is 15.0 Å². The Balaban J connectivity index is 1.29. The van der Waals surface area contributed by atoms with Crippen LogP contribution in [0.15, 0.2) is 76.6 Å². The summed E-state index contributed by atoms with van der Waals surface area (Å²) < 4.78 is 70.1. The van der Waals surface area contributed by atoms with E-state index in [-0.39, 0.29) is 48.1 Å². The van der Waals surface area contributed by atoms with Crippen LogP contribution in [0.3, 0.4) is 0 Å². The summed E-state index contributed by atoms with van der Waals surface area (Å²) in [5, 5.41) is 2.63. The maximum atomic E-state index is 13.4. The molecule has 5 rings (SSSR count). The van der Waals surface area contributed by atoms with Crippen molar-refractivity contribution >= 4 is 27.7 Å². The van der Waals surface area contributed by atoms with Gasteiger partial charge in [-0.25, -0.2) is 8.42 Å². The second kappa shape index (κ2) is 11.1. The van der Waals surface area contributed by atoms with Crippen LogP contribution >= 0.6 is 0 Å². The van der Waals surface area contributed by atoms with Gasteiger partial charge in [0.2, 0.25) is 10.0 Å². The molecular weight excluding hydrogens is 585 g/mol. The second-order valence-corrected chi connectivity index (χ2v) is 12.6. The van der Waals surface area contributed by atoms with Gasteiger partial charge in [0.15, 0.2) is 0 Å². The predicted octanol–water partition coefficient (Wildman–Crippen LogP) is 4.36. The van der Waals surface area contributed by atoms with Crippen LogP contribution in [0.2, 0.25) is 0 Å². The molecule has 2 aliphatic rings. The number of aryl methyl sites for hydroxylation is 1. The van der Waals surface area contributed by atoms with Crippen LogP contribution in [-0.4, -0.2) is 74.4 Å². The van der Waals surface area contributed by atoms with E-state index in [1.807, 2.05) is 13.0 Å². The molecule has 2 aliphatic heterocycles. The molecule has 0 bridgehead atoms. The number of rotatable bonds is 6. The van der Waals surface area contributed by atoms with Crippen molar-refractivity contribution in [2.45, 2.75) is 36.6 Å². The van der Waals surface area contributed by atoms with Gasteiger partial charge in [-0.3, -0.25) is 14.6 Å². The van der Waals surface area contributed by atoms with Crippen LogP contribution < -0.4 is 10.1 Å². The number of piperidine rings is 1. The number of carbonyl (C=O) groups excluding carboxylic acids is 2. The molecule has 43 heavy (non-hydrogen) atoms. The quantitative estimate of drug-likeness (QED) is 0.444. The molecule has 1 spiro atoms. The maximum absolute atomic E-state index is 13.4. The number of alkyl halides is 3. The minimum atomic E-state index is -4.86. The third-order valence-corrected chi connectivity index (χ3v) is 9.47. The van der Waals surface area contributed by atoms with Crippen LogP contribution in [0.5, 0.6) is 5.75 Å². The van der Waals surface area contributed by atoms with E-state index in [4.69, 9.17) is 0 Å². The van der Waals surface area contributed by atoms with E-state index < -0.39 is 33.6 Å². The van der Waals surface area contributed by atoms with Gasteiger partial charge in [0.25, 0.3) is 11.8 Å². The fraction of sp³-hybridized carbons (Fsp3) is 0.300. The Morgan fingerprint density at radius 1 is 1.00 bits per heavy atom. The molecule has 0 radical (unpaired) electrons. The molecule has 2 heterocycles. The van der Waals surface area contributed by atoms with Gasteiger partial charge >= 0.3 is 6.36 Å². The molecular formula is C30H29F3N4O5S. The third-order valence-electron chi connectivity index (χ3n) is 7.55. The van der Waals surface area contributed by atoms with Crippen LogP contribution in [0, 0.1) is 6.92 Å². The highest BCUT2D eigenvalue weighted by Gasteiger charge is 2.47. The van der Waals surface area contributed by atoms with Crippen molar-refractivity contribution in [1.82, 2.24) is 14.5 Å². The number of benzene rings is 3. The van der Waals surface area contributed by atoms with Gasteiger partial charge in [0.1, 0.15) is 17.1 Å². The summed E-state index contributed by atoms with van der Waals surface area (Å²) in [5.74, 6) is -0.874. The molecule has 13 heteroatoms. The molecule has 226 valence electrons. The van der Waals surface area contributed by atoms with Crippen LogP contribution in [0.4, 0.5) is 13.2 Å². The van der Waals surface area contributed by atoms with Gasteiger partial charge in [-0.2, -0.15) is 4.31 Å². The highest BCUT2D eigenvalue weighted by atomic mass is 32.2. The third kappa shape index (κ3) is 6.13. The average molecular weight is 615 g/mol. The lowest BCUT2D eigenvalue weighted by atomic mass is 9.89. The van der Waals surface area contributed by atoms with E-state index in [1.54, 1.807) is 38.4 Å². The largest absolute Gasteiger partial charge is 0.573 e.